The molecule has 2 amide bonds. The van der Waals surface area contributed by atoms with Gasteiger partial charge >= 0.3 is 0 Å². The van der Waals surface area contributed by atoms with Crippen LogP contribution in [0.15, 0.2) is 54.6 Å². The smallest absolute Gasteiger partial charge is 0.256 e. The first-order valence-electron chi connectivity index (χ1n) is 8.85. The molecule has 2 unspecified atom stereocenters. The van der Waals surface area contributed by atoms with E-state index in [1.807, 2.05) is 75.4 Å². The van der Waals surface area contributed by atoms with Crippen LogP contribution in [-0.4, -0.2) is 27.5 Å². The van der Waals surface area contributed by atoms with Gasteiger partial charge in [-0.05, 0) is 38.0 Å². The molecular weight excluding hydrogens is 344 g/mol. The van der Waals surface area contributed by atoms with E-state index in [0.29, 0.717) is 0 Å². The highest BCUT2D eigenvalue weighted by molar-refractivity contribution is 8.01. The third kappa shape index (κ3) is 2.62. The van der Waals surface area contributed by atoms with E-state index in [9.17, 15) is 9.59 Å². The molecule has 4 rings (SSSR count). The number of thioether (sulfide) groups is 1. The molecule has 0 saturated carbocycles. The molecule has 134 valence electrons. The van der Waals surface area contributed by atoms with E-state index in [1.165, 1.54) is 0 Å². The minimum atomic E-state index is -0.497. The van der Waals surface area contributed by atoms with Gasteiger partial charge < -0.3 is 10.2 Å². The molecule has 0 radical (unpaired) electrons. The molecule has 1 N–H and O–H groups in total. The van der Waals surface area contributed by atoms with Crippen LogP contribution < -0.4 is 5.32 Å². The number of amides is 2. The maximum Gasteiger partial charge on any atom is 0.256 e. The Balaban J connectivity index is 1.62. The lowest BCUT2D eigenvalue weighted by Gasteiger charge is -2.30. The van der Waals surface area contributed by atoms with E-state index < -0.39 is 6.04 Å². The van der Waals surface area contributed by atoms with Crippen LogP contribution in [0.25, 0.3) is 0 Å². The van der Waals surface area contributed by atoms with Crippen LogP contribution in [-0.2, 0) is 4.79 Å². The molecule has 1 saturated heterocycles. The molecule has 0 spiro atoms. The van der Waals surface area contributed by atoms with Crippen LogP contribution in [0.1, 0.15) is 53.7 Å². The van der Waals surface area contributed by atoms with Crippen molar-refractivity contribution in [2.75, 3.05) is 0 Å². The molecule has 0 aliphatic carbocycles. The quantitative estimate of drug-likeness (QED) is 0.896. The van der Waals surface area contributed by atoms with E-state index in [-0.39, 0.29) is 28.0 Å². The Kier molecular flexibility index (Phi) is 4.07. The van der Waals surface area contributed by atoms with Crippen LogP contribution in [0.5, 0.6) is 0 Å². The van der Waals surface area contributed by atoms with Crippen molar-refractivity contribution in [3.05, 3.63) is 71.3 Å². The Morgan fingerprint density at radius 1 is 1.12 bits per heavy atom. The third-order valence-electron chi connectivity index (χ3n) is 5.20. The molecule has 0 aromatic heterocycles. The molecule has 2 aromatic rings. The van der Waals surface area contributed by atoms with Gasteiger partial charge in [0.05, 0.1) is 6.04 Å². The van der Waals surface area contributed by atoms with Crippen molar-refractivity contribution >= 4 is 23.6 Å². The van der Waals surface area contributed by atoms with Gasteiger partial charge in [0, 0.05) is 10.3 Å². The number of nitrogens with zero attached hydrogens (tertiary/aromatic N) is 1. The molecule has 26 heavy (non-hydrogen) atoms. The zero-order chi connectivity index (χ0) is 18.5. The number of benzene rings is 2. The van der Waals surface area contributed by atoms with Gasteiger partial charge in [0.15, 0.2) is 0 Å². The lowest BCUT2D eigenvalue weighted by molar-refractivity contribution is -0.126. The number of carbonyl (C=O) groups excluding carboxylic acids is 2. The number of nitrogens with one attached hydrogen (secondary N) is 1. The average molecular weight is 366 g/mol. The zero-order valence-corrected chi connectivity index (χ0v) is 15.9. The highest BCUT2D eigenvalue weighted by atomic mass is 32.2. The van der Waals surface area contributed by atoms with Crippen molar-refractivity contribution in [3.63, 3.8) is 0 Å². The van der Waals surface area contributed by atoms with E-state index >= 15 is 0 Å². The first kappa shape index (κ1) is 17.2. The zero-order valence-electron chi connectivity index (χ0n) is 15.1. The van der Waals surface area contributed by atoms with Crippen LogP contribution in [0.2, 0.25) is 0 Å². The second kappa shape index (κ2) is 6.16. The maximum atomic E-state index is 13.2. The Labute approximate surface area is 158 Å². The van der Waals surface area contributed by atoms with Gasteiger partial charge in [0.1, 0.15) is 11.4 Å². The van der Waals surface area contributed by atoms with Crippen LogP contribution >= 0.6 is 11.8 Å². The molecule has 1 fully saturated rings. The summed E-state index contributed by atoms with van der Waals surface area (Å²) in [5.74, 6) is -0.140. The molecular formula is C21H22N2O2S. The summed E-state index contributed by atoms with van der Waals surface area (Å²) in [6, 6.07) is 17.0. The predicted octanol–water partition coefficient (Wildman–Crippen LogP) is 3.91. The Hall–Kier alpha value is -2.27. The fourth-order valence-electron chi connectivity index (χ4n) is 3.92. The lowest BCUT2D eigenvalue weighted by Crippen LogP contribution is -2.52. The van der Waals surface area contributed by atoms with Crippen molar-refractivity contribution in [2.45, 2.75) is 43.0 Å². The second-order valence-electron chi connectivity index (χ2n) is 7.42. The number of rotatable bonds is 3. The highest BCUT2D eigenvalue weighted by Crippen LogP contribution is 2.56. The molecule has 2 aromatic carbocycles. The van der Waals surface area contributed by atoms with Crippen molar-refractivity contribution in [1.82, 2.24) is 10.2 Å². The predicted molar refractivity (Wildman–Crippen MR) is 104 cm³/mol. The Bertz CT molecular complexity index is 865. The van der Waals surface area contributed by atoms with Gasteiger partial charge in [-0.25, -0.2) is 0 Å². The van der Waals surface area contributed by atoms with E-state index in [2.05, 4.69) is 5.32 Å². The molecule has 4 nitrogen and oxygen atoms in total. The van der Waals surface area contributed by atoms with Gasteiger partial charge in [-0.2, -0.15) is 0 Å². The fourth-order valence-corrected chi connectivity index (χ4v) is 5.51. The van der Waals surface area contributed by atoms with Gasteiger partial charge in [-0.3, -0.25) is 9.59 Å². The Morgan fingerprint density at radius 3 is 2.50 bits per heavy atom. The lowest BCUT2D eigenvalue weighted by atomic mass is 9.99. The molecule has 2 heterocycles. The summed E-state index contributed by atoms with van der Waals surface area (Å²) in [4.78, 5) is 27.9. The van der Waals surface area contributed by atoms with Crippen LogP contribution in [0.4, 0.5) is 0 Å². The van der Waals surface area contributed by atoms with Crippen LogP contribution in [0, 0.1) is 0 Å². The summed E-state index contributed by atoms with van der Waals surface area (Å²) in [6.07, 6.45) is 0. The summed E-state index contributed by atoms with van der Waals surface area (Å²) < 4.78 is -0.353. The normalized spacial score (nSPS) is 24.1. The summed E-state index contributed by atoms with van der Waals surface area (Å²) in [6.45, 7) is 6.06. The standard InChI is InChI=1S/C21H22N2O2S/c1-13(14-9-5-4-6-10-14)22-18(24)17-21(2,3)26-20-16-12-8-7-11-15(16)19(25)23(17)20/h4-13,17,20H,1-3H3,(H,22,24)/t13?,17-,20?/m0/s1. The van der Waals surface area contributed by atoms with Gasteiger partial charge in [-0.1, -0.05) is 48.5 Å². The number of fused-ring (bicyclic) bond motifs is 3. The molecule has 5 heteroatoms. The van der Waals surface area contributed by atoms with Crippen molar-refractivity contribution in [2.24, 2.45) is 0 Å². The first-order valence-corrected chi connectivity index (χ1v) is 9.73. The first-order chi connectivity index (χ1) is 12.4. The summed E-state index contributed by atoms with van der Waals surface area (Å²) in [5, 5.41) is 3.02. The third-order valence-corrected chi connectivity index (χ3v) is 6.74. The van der Waals surface area contributed by atoms with Gasteiger partial charge in [-0.15, -0.1) is 11.8 Å². The second-order valence-corrected chi connectivity index (χ2v) is 9.15. The van der Waals surface area contributed by atoms with Crippen molar-refractivity contribution < 1.29 is 9.59 Å². The highest BCUT2D eigenvalue weighted by Gasteiger charge is 2.57. The topological polar surface area (TPSA) is 49.4 Å². The summed E-state index contributed by atoms with van der Waals surface area (Å²) >= 11 is 1.69. The molecule has 3 atom stereocenters. The fraction of sp³-hybridized carbons (Fsp3) is 0.333. The Morgan fingerprint density at radius 2 is 1.77 bits per heavy atom. The monoisotopic (exact) mass is 366 g/mol. The summed E-state index contributed by atoms with van der Waals surface area (Å²) in [5.41, 5.74) is 2.79. The molecule has 2 aliphatic rings. The number of carbonyl (C=O) groups is 2. The van der Waals surface area contributed by atoms with E-state index in [4.69, 9.17) is 0 Å². The molecule has 2 aliphatic heterocycles. The molecule has 0 bridgehead atoms. The minimum Gasteiger partial charge on any atom is -0.348 e. The summed E-state index contributed by atoms with van der Waals surface area (Å²) in [7, 11) is 0. The number of hydrogen-bond acceptors (Lipinski definition) is 3. The van der Waals surface area contributed by atoms with Crippen LogP contribution in [0.3, 0.4) is 0 Å². The van der Waals surface area contributed by atoms with Gasteiger partial charge in [0.25, 0.3) is 5.91 Å². The maximum absolute atomic E-state index is 13.2. The SMILES string of the molecule is CC(NC(=O)[C@@H]1N2C(=O)c3ccccc3C2SC1(C)C)c1ccccc1. The van der Waals surface area contributed by atoms with Crippen molar-refractivity contribution in [3.8, 4) is 0 Å². The van der Waals surface area contributed by atoms with Crippen molar-refractivity contribution in [1.29, 1.82) is 0 Å². The minimum absolute atomic E-state index is 0.0452. The van der Waals surface area contributed by atoms with E-state index in [0.717, 1.165) is 16.7 Å². The number of hydrogen-bond donors (Lipinski definition) is 1. The average Bonchev–Trinajstić information content (AvgIpc) is 3.06. The van der Waals surface area contributed by atoms with E-state index in [1.54, 1.807) is 16.7 Å². The van der Waals surface area contributed by atoms with Gasteiger partial charge in [0.2, 0.25) is 5.91 Å². The largest absolute Gasteiger partial charge is 0.348 e.